The first-order valence-electron chi connectivity index (χ1n) is 10.5. The van der Waals surface area contributed by atoms with Crippen LogP contribution in [0.5, 0.6) is 0 Å². The Labute approximate surface area is 183 Å². The van der Waals surface area contributed by atoms with E-state index in [1.165, 1.54) is 33.4 Å². The fourth-order valence-corrected chi connectivity index (χ4v) is 3.95. The Bertz CT molecular complexity index is 1290. The quantitative estimate of drug-likeness (QED) is 0.314. The SMILES string of the molecule is c1ccc(-c2cccc(-c3ccccc3Nc3ccccc3-c3ccccc3)c2)cc1. The Balaban J connectivity index is 1.54. The zero-order chi connectivity index (χ0) is 20.9. The first-order chi connectivity index (χ1) is 15.4. The lowest BCUT2D eigenvalue weighted by Gasteiger charge is -2.16. The van der Waals surface area contributed by atoms with Crippen LogP contribution in [-0.4, -0.2) is 0 Å². The van der Waals surface area contributed by atoms with Gasteiger partial charge in [-0.15, -0.1) is 0 Å². The molecule has 0 aliphatic carbocycles. The summed E-state index contributed by atoms with van der Waals surface area (Å²) in [5, 5.41) is 3.70. The highest BCUT2D eigenvalue weighted by Gasteiger charge is 2.09. The molecule has 148 valence electrons. The number of hydrogen-bond donors (Lipinski definition) is 1. The van der Waals surface area contributed by atoms with Crippen molar-refractivity contribution in [3.05, 3.63) is 133 Å². The Kier molecular flexibility index (Phi) is 5.32. The second-order valence-corrected chi connectivity index (χ2v) is 7.53. The van der Waals surface area contributed by atoms with Gasteiger partial charge in [0.15, 0.2) is 0 Å². The van der Waals surface area contributed by atoms with E-state index in [1.54, 1.807) is 0 Å². The molecule has 0 aliphatic heterocycles. The molecule has 0 saturated heterocycles. The average molecular weight is 398 g/mol. The van der Waals surface area contributed by atoms with E-state index in [0.29, 0.717) is 0 Å². The predicted molar refractivity (Wildman–Crippen MR) is 132 cm³/mol. The molecule has 0 aliphatic rings. The minimum atomic E-state index is 1.09. The van der Waals surface area contributed by atoms with Crippen molar-refractivity contribution in [2.45, 2.75) is 0 Å². The fourth-order valence-electron chi connectivity index (χ4n) is 3.95. The highest BCUT2D eigenvalue weighted by molar-refractivity contribution is 5.87. The summed E-state index contributed by atoms with van der Waals surface area (Å²) >= 11 is 0. The molecule has 5 rings (SSSR count). The van der Waals surface area contributed by atoms with E-state index in [4.69, 9.17) is 0 Å². The highest BCUT2D eigenvalue weighted by Crippen LogP contribution is 2.35. The monoisotopic (exact) mass is 397 g/mol. The molecular weight excluding hydrogens is 374 g/mol. The molecule has 0 bridgehead atoms. The second kappa shape index (κ2) is 8.73. The molecule has 0 unspecified atom stereocenters. The van der Waals surface area contributed by atoms with Gasteiger partial charge in [-0.25, -0.2) is 0 Å². The molecule has 0 aromatic heterocycles. The van der Waals surface area contributed by atoms with E-state index in [-0.39, 0.29) is 0 Å². The third kappa shape index (κ3) is 4.12. The van der Waals surface area contributed by atoms with E-state index in [2.05, 4.69) is 139 Å². The van der Waals surface area contributed by atoms with Gasteiger partial charge in [0.25, 0.3) is 0 Å². The lowest BCUT2D eigenvalue weighted by Crippen LogP contribution is -1.95. The molecule has 1 heteroatoms. The van der Waals surface area contributed by atoms with E-state index in [0.717, 1.165) is 11.4 Å². The van der Waals surface area contributed by atoms with Crippen LogP contribution in [-0.2, 0) is 0 Å². The molecule has 0 fully saturated rings. The van der Waals surface area contributed by atoms with Gasteiger partial charge in [0, 0.05) is 22.5 Å². The largest absolute Gasteiger partial charge is 0.355 e. The predicted octanol–water partition coefficient (Wildman–Crippen LogP) is 8.43. The summed E-state index contributed by atoms with van der Waals surface area (Å²) in [5.41, 5.74) is 9.41. The molecule has 5 aromatic carbocycles. The Morgan fingerprint density at radius 3 is 1.42 bits per heavy atom. The first kappa shape index (κ1) is 18.9. The lowest BCUT2D eigenvalue weighted by molar-refractivity contribution is 1.52. The summed E-state index contributed by atoms with van der Waals surface area (Å²) in [5.74, 6) is 0. The van der Waals surface area contributed by atoms with Gasteiger partial charge in [0.05, 0.1) is 0 Å². The highest BCUT2D eigenvalue weighted by atomic mass is 14.9. The van der Waals surface area contributed by atoms with Crippen LogP contribution in [0.4, 0.5) is 11.4 Å². The molecule has 1 N–H and O–H groups in total. The second-order valence-electron chi connectivity index (χ2n) is 7.53. The Morgan fingerprint density at radius 2 is 0.774 bits per heavy atom. The van der Waals surface area contributed by atoms with Crippen molar-refractivity contribution in [2.75, 3.05) is 5.32 Å². The molecule has 0 heterocycles. The maximum Gasteiger partial charge on any atom is 0.0464 e. The number of para-hydroxylation sites is 2. The number of nitrogens with one attached hydrogen (secondary N) is 1. The van der Waals surface area contributed by atoms with Crippen LogP contribution in [0.3, 0.4) is 0 Å². The van der Waals surface area contributed by atoms with Crippen LogP contribution in [0.25, 0.3) is 33.4 Å². The van der Waals surface area contributed by atoms with E-state index < -0.39 is 0 Å². The summed E-state index contributed by atoms with van der Waals surface area (Å²) < 4.78 is 0. The van der Waals surface area contributed by atoms with Gasteiger partial charge in [-0.1, -0.05) is 115 Å². The molecule has 1 nitrogen and oxygen atoms in total. The number of rotatable bonds is 5. The van der Waals surface area contributed by atoms with Crippen LogP contribution >= 0.6 is 0 Å². The van der Waals surface area contributed by atoms with Crippen LogP contribution in [0, 0.1) is 0 Å². The van der Waals surface area contributed by atoms with Crippen molar-refractivity contribution in [1.29, 1.82) is 0 Å². The van der Waals surface area contributed by atoms with Crippen LogP contribution in [0.15, 0.2) is 133 Å². The molecule has 31 heavy (non-hydrogen) atoms. The summed E-state index contributed by atoms with van der Waals surface area (Å²) in [6.45, 7) is 0. The van der Waals surface area contributed by atoms with Gasteiger partial charge in [-0.05, 0) is 40.5 Å². The fraction of sp³-hybridized carbons (Fsp3) is 0. The van der Waals surface area contributed by atoms with Crippen LogP contribution in [0.1, 0.15) is 0 Å². The van der Waals surface area contributed by atoms with E-state index in [1.807, 2.05) is 0 Å². The van der Waals surface area contributed by atoms with Gasteiger partial charge in [0.1, 0.15) is 0 Å². The van der Waals surface area contributed by atoms with Gasteiger partial charge >= 0.3 is 0 Å². The molecule has 0 spiro atoms. The zero-order valence-corrected chi connectivity index (χ0v) is 17.2. The minimum absolute atomic E-state index is 1.09. The number of anilines is 2. The van der Waals surface area contributed by atoms with Crippen molar-refractivity contribution in [1.82, 2.24) is 0 Å². The molecule has 0 amide bonds. The van der Waals surface area contributed by atoms with Gasteiger partial charge in [0.2, 0.25) is 0 Å². The topological polar surface area (TPSA) is 12.0 Å². The van der Waals surface area contributed by atoms with Gasteiger partial charge in [-0.2, -0.15) is 0 Å². The number of benzene rings is 5. The summed E-state index contributed by atoms with van der Waals surface area (Å²) in [4.78, 5) is 0. The van der Waals surface area contributed by atoms with Crippen molar-refractivity contribution in [3.63, 3.8) is 0 Å². The van der Waals surface area contributed by atoms with Crippen LogP contribution < -0.4 is 5.32 Å². The van der Waals surface area contributed by atoms with Gasteiger partial charge in [-0.3, -0.25) is 0 Å². The van der Waals surface area contributed by atoms with Crippen molar-refractivity contribution < 1.29 is 0 Å². The van der Waals surface area contributed by atoms with E-state index >= 15 is 0 Å². The minimum Gasteiger partial charge on any atom is -0.355 e. The van der Waals surface area contributed by atoms with Crippen molar-refractivity contribution in [3.8, 4) is 33.4 Å². The van der Waals surface area contributed by atoms with Crippen molar-refractivity contribution >= 4 is 11.4 Å². The summed E-state index contributed by atoms with van der Waals surface area (Å²) in [6.07, 6.45) is 0. The van der Waals surface area contributed by atoms with Crippen molar-refractivity contribution in [2.24, 2.45) is 0 Å². The Hall–Kier alpha value is -4.10. The lowest BCUT2D eigenvalue weighted by atomic mass is 9.97. The zero-order valence-electron chi connectivity index (χ0n) is 17.2. The molecular formula is C30H23N. The normalized spacial score (nSPS) is 10.6. The molecule has 5 aromatic rings. The maximum absolute atomic E-state index is 3.70. The van der Waals surface area contributed by atoms with E-state index in [9.17, 15) is 0 Å². The first-order valence-corrected chi connectivity index (χ1v) is 10.5. The summed E-state index contributed by atoms with van der Waals surface area (Å²) in [6, 6.07) is 46.7. The third-order valence-electron chi connectivity index (χ3n) is 5.49. The molecule has 0 saturated carbocycles. The van der Waals surface area contributed by atoms with Gasteiger partial charge < -0.3 is 5.32 Å². The standard InChI is InChI=1S/C30H23N/c1-3-12-23(13-4-1)25-16-11-17-26(22-25)28-19-8-10-21-30(28)31-29-20-9-7-18-27(29)24-14-5-2-6-15-24/h1-22,31H. The molecule has 0 radical (unpaired) electrons. The number of hydrogen-bond acceptors (Lipinski definition) is 1. The average Bonchev–Trinajstić information content (AvgIpc) is 2.86. The third-order valence-corrected chi connectivity index (χ3v) is 5.49. The molecule has 0 atom stereocenters. The smallest absolute Gasteiger partial charge is 0.0464 e. The van der Waals surface area contributed by atoms with Crippen LogP contribution in [0.2, 0.25) is 0 Å². The summed E-state index contributed by atoms with van der Waals surface area (Å²) in [7, 11) is 0. The maximum atomic E-state index is 3.70. The Morgan fingerprint density at radius 1 is 0.323 bits per heavy atom.